The zero-order chi connectivity index (χ0) is 11.1. The molecule has 0 amide bonds. The Hall–Kier alpha value is -1.35. The molecule has 3 nitrogen and oxygen atoms in total. The molecular weight excluding hydrogens is 200 g/mol. The fraction of sp³-hybridized carbons (Fsp3) is 0.462. The first-order valence-corrected chi connectivity index (χ1v) is 5.85. The molecule has 0 spiro atoms. The van der Waals surface area contributed by atoms with E-state index in [1.165, 1.54) is 0 Å². The van der Waals surface area contributed by atoms with Crippen molar-refractivity contribution < 1.29 is 4.42 Å². The van der Waals surface area contributed by atoms with Crippen LogP contribution in [0.1, 0.15) is 36.6 Å². The van der Waals surface area contributed by atoms with Gasteiger partial charge in [-0.05, 0) is 37.8 Å². The summed E-state index contributed by atoms with van der Waals surface area (Å²) in [6.45, 7) is 2.05. The smallest absolute Gasteiger partial charge is 0.198 e. The van der Waals surface area contributed by atoms with Gasteiger partial charge in [-0.3, -0.25) is 0 Å². The summed E-state index contributed by atoms with van der Waals surface area (Å²) < 4.78 is 5.86. The largest absolute Gasteiger partial charge is 0.440 e. The molecule has 3 heteroatoms. The Morgan fingerprint density at radius 1 is 1.38 bits per heavy atom. The molecular formula is C13H16N2O. The average Bonchev–Trinajstić information content (AvgIpc) is 2.84. The Labute approximate surface area is 94.7 Å². The van der Waals surface area contributed by atoms with E-state index in [2.05, 4.69) is 18.0 Å². The van der Waals surface area contributed by atoms with Crippen LogP contribution in [0.5, 0.6) is 0 Å². The summed E-state index contributed by atoms with van der Waals surface area (Å²) in [6.07, 6.45) is 3.20. The number of nitrogens with two attached hydrogens (primary N) is 1. The molecule has 16 heavy (non-hydrogen) atoms. The first-order valence-electron chi connectivity index (χ1n) is 5.85. The van der Waals surface area contributed by atoms with E-state index in [0.29, 0.717) is 12.0 Å². The van der Waals surface area contributed by atoms with Crippen LogP contribution in [0, 0.1) is 6.92 Å². The minimum Gasteiger partial charge on any atom is -0.440 e. The number of aromatic nitrogens is 1. The van der Waals surface area contributed by atoms with Crippen molar-refractivity contribution in [2.24, 2.45) is 5.73 Å². The highest BCUT2D eigenvalue weighted by Gasteiger charge is 2.27. The van der Waals surface area contributed by atoms with Crippen molar-refractivity contribution in [3.63, 3.8) is 0 Å². The molecule has 1 aliphatic rings. The highest BCUT2D eigenvalue weighted by atomic mass is 16.3. The zero-order valence-electron chi connectivity index (χ0n) is 9.44. The summed E-state index contributed by atoms with van der Waals surface area (Å²) in [5.74, 6) is 1.29. The van der Waals surface area contributed by atoms with E-state index in [-0.39, 0.29) is 0 Å². The number of fused-ring (bicyclic) bond motifs is 1. The molecule has 0 aliphatic heterocycles. The van der Waals surface area contributed by atoms with Crippen LogP contribution in [0.2, 0.25) is 0 Å². The Kier molecular flexibility index (Phi) is 2.21. The Balaban J connectivity index is 2.02. The van der Waals surface area contributed by atoms with Gasteiger partial charge >= 0.3 is 0 Å². The molecule has 0 unspecified atom stereocenters. The van der Waals surface area contributed by atoms with Crippen molar-refractivity contribution in [2.45, 2.75) is 38.1 Å². The van der Waals surface area contributed by atoms with E-state index in [9.17, 15) is 0 Å². The van der Waals surface area contributed by atoms with Gasteiger partial charge in [0.2, 0.25) is 0 Å². The van der Waals surface area contributed by atoms with Crippen molar-refractivity contribution in [1.29, 1.82) is 0 Å². The van der Waals surface area contributed by atoms with Crippen LogP contribution < -0.4 is 5.73 Å². The molecule has 2 aromatic rings. The van der Waals surface area contributed by atoms with E-state index in [4.69, 9.17) is 10.2 Å². The molecule has 84 valence electrons. The van der Waals surface area contributed by atoms with Crippen molar-refractivity contribution in [3.8, 4) is 0 Å². The number of oxazole rings is 1. The van der Waals surface area contributed by atoms with Crippen LogP contribution in [0.25, 0.3) is 11.1 Å². The van der Waals surface area contributed by atoms with Crippen molar-refractivity contribution in [1.82, 2.24) is 4.98 Å². The maximum atomic E-state index is 5.92. The van der Waals surface area contributed by atoms with Gasteiger partial charge in [0, 0.05) is 12.0 Å². The summed E-state index contributed by atoms with van der Waals surface area (Å²) in [7, 11) is 0. The molecule has 2 atom stereocenters. The number of hydrogen-bond acceptors (Lipinski definition) is 3. The second-order valence-corrected chi connectivity index (χ2v) is 4.75. The summed E-state index contributed by atoms with van der Waals surface area (Å²) >= 11 is 0. The van der Waals surface area contributed by atoms with Crippen molar-refractivity contribution in [2.75, 3.05) is 0 Å². The van der Waals surface area contributed by atoms with Crippen LogP contribution in [0.4, 0.5) is 0 Å². The molecule has 1 saturated carbocycles. The molecule has 2 N–H and O–H groups in total. The predicted octanol–water partition coefficient (Wildman–Crippen LogP) is 2.73. The summed E-state index contributed by atoms with van der Waals surface area (Å²) in [5.41, 5.74) is 8.97. The summed E-state index contributed by atoms with van der Waals surface area (Å²) in [6, 6.07) is 6.40. The second-order valence-electron chi connectivity index (χ2n) is 4.75. The highest BCUT2D eigenvalue weighted by molar-refractivity contribution is 5.76. The lowest BCUT2D eigenvalue weighted by Crippen LogP contribution is -2.14. The van der Waals surface area contributed by atoms with Gasteiger partial charge in [0.25, 0.3) is 0 Å². The van der Waals surface area contributed by atoms with E-state index >= 15 is 0 Å². The maximum absolute atomic E-state index is 5.92. The van der Waals surface area contributed by atoms with Crippen molar-refractivity contribution >= 4 is 11.1 Å². The first kappa shape index (κ1) is 9.85. The number of rotatable bonds is 1. The fourth-order valence-electron chi connectivity index (χ4n) is 2.52. The quantitative estimate of drug-likeness (QED) is 0.797. The zero-order valence-corrected chi connectivity index (χ0v) is 9.44. The van der Waals surface area contributed by atoms with Crippen LogP contribution in [-0.2, 0) is 0 Å². The van der Waals surface area contributed by atoms with Crippen molar-refractivity contribution in [3.05, 3.63) is 29.7 Å². The minimum absolute atomic E-state index is 0.320. The van der Waals surface area contributed by atoms with E-state index < -0.39 is 0 Å². The van der Waals surface area contributed by atoms with Crippen LogP contribution in [-0.4, -0.2) is 11.0 Å². The maximum Gasteiger partial charge on any atom is 0.198 e. The lowest BCUT2D eigenvalue weighted by Gasteiger charge is -2.02. The molecule has 1 heterocycles. The van der Waals surface area contributed by atoms with Gasteiger partial charge in [-0.1, -0.05) is 12.1 Å². The third-order valence-electron chi connectivity index (χ3n) is 3.45. The number of nitrogens with zero attached hydrogens (tertiary/aromatic N) is 1. The number of benzene rings is 1. The van der Waals surface area contributed by atoms with Gasteiger partial charge in [0.05, 0.1) is 0 Å². The lowest BCUT2D eigenvalue weighted by molar-refractivity contribution is 0.470. The van der Waals surface area contributed by atoms with E-state index in [1.54, 1.807) is 0 Å². The van der Waals surface area contributed by atoms with Gasteiger partial charge in [0.1, 0.15) is 5.52 Å². The standard InChI is InChI=1S/C13H16N2O/c1-8-3-2-4-11-12(8)16-13(15-11)9-5-6-10(14)7-9/h2-4,9-10H,5-7,14H2,1H3/t9-,10+/m1/s1. The SMILES string of the molecule is Cc1cccc2nc([C@@H]3CC[C@H](N)C3)oc12. The Morgan fingerprint density at radius 2 is 2.25 bits per heavy atom. The molecule has 3 rings (SSSR count). The number of hydrogen-bond donors (Lipinski definition) is 1. The molecule has 1 aromatic heterocycles. The molecule has 1 fully saturated rings. The van der Waals surface area contributed by atoms with Gasteiger partial charge in [0.15, 0.2) is 11.5 Å². The van der Waals surface area contributed by atoms with Gasteiger partial charge < -0.3 is 10.2 Å². The van der Waals surface area contributed by atoms with E-state index in [0.717, 1.165) is 41.8 Å². The Bertz CT molecular complexity index is 518. The van der Waals surface area contributed by atoms with Gasteiger partial charge in [-0.2, -0.15) is 0 Å². The monoisotopic (exact) mass is 216 g/mol. The third kappa shape index (κ3) is 1.52. The topological polar surface area (TPSA) is 52.0 Å². The van der Waals surface area contributed by atoms with Crippen LogP contribution in [0.15, 0.2) is 22.6 Å². The predicted molar refractivity (Wildman–Crippen MR) is 63.3 cm³/mol. The first-order chi connectivity index (χ1) is 7.74. The van der Waals surface area contributed by atoms with E-state index in [1.807, 2.05) is 12.1 Å². The third-order valence-corrected chi connectivity index (χ3v) is 3.45. The molecule has 1 aliphatic carbocycles. The molecule has 0 bridgehead atoms. The lowest BCUT2D eigenvalue weighted by atomic mass is 10.1. The Morgan fingerprint density at radius 3 is 2.94 bits per heavy atom. The molecule has 1 aromatic carbocycles. The summed E-state index contributed by atoms with van der Waals surface area (Å²) in [5, 5.41) is 0. The second kappa shape index (κ2) is 3.59. The van der Waals surface area contributed by atoms with Crippen LogP contribution in [0.3, 0.4) is 0 Å². The molecule has 0 radical (unpaired) electrons. The average molecular weight is 216 g/mol. The van der Waals surface area contributed by atoms with Crippen LogP contribution >= 0.6 is 0 Å². The molecule has 0 saturated heterocycles. The minimum atomic E-state index is 0.320. The number of aryl methyl sites for hydroxylation is 1. The normalized spacial score (nSPS) is 25.4. The van der Waals surface area contributed by atoms with Gasteiger partial charge in [-0.15, -0.1) is 0 Å². The fourth-order valence-corrected chi connectivity index (χ4v) is 2.52. The highest BCUT2D eigenvalue weighted by Crippen LogP contribution is 2.34. The number of para-hydroxylation sites is 1. The summed E-state index contributed by atoms with van der Waals surface area (Å²) in [4.78, 5) is 4.57. The van der Waals surface area contributed by atoms with Gasteiger partial charge in [-0.25, -0.2) is 4.98 Å².